The Kier molecular flexibility index (Phi) is 4.43. The number of rotatable bonds is 5. The number of fused-ring (bicyclic) bond motifs is 2. The monoisotopic (exact) mass is 373 g/mol. The smallest absolute Gasteiger partial charge is 0.137 e. The van der Waals surface area contributed by atoms with E-state index in [-0.39, 0.29) is 12.1 Å². The van der Waals surface area contributed by atoms with E-state index in [4.69, 9.17) is 4.74 Å². The summed E-state index contributed by atoms with van der Waals surface area (Å²) in [6, 6.07) is 17.9. The van der Waals surface area contributed by atoms with Crippen LogP contribution in [0.1, 0.15) is 29.2 Å². The second kappa shape index (κ2) is 7.09. The lowest BCUT2D eigenvalue weighted by Gasteiger charge is -2.45. The van der Waals surface area contributed by atoms with Gasteiger partial charge < -0.3 is 9.84 Å². The third-order valence-electron chi connectivity index (χ3n) is 5.99. The quantitative estimate of drug-likeness (QED) is 0.745. The summed E-state index contributed by atoms with van der Waals surface area (Å²) >= 11 is 0. The molecule has 1 N–H and O–H groups in total. The van der Waals surface area contributed by atoms with Crippen molar-refractivity contribution in [2.45, 2.75) is 30.2 Å². The topological polar surface area (TPSA) is 58.5 Å². The SMILES string of the molecule is OC(c1cccnc1)(c1cccnc1)C(c1ccccc1)N1CC2CC1CO2. The number of pyridine rings is 2. The number of likely N-dealkylation sites (tertiary alicyclic amines) is 1. The van der Waals surface area contributed by atoms with Gasteiger partial charge in [0.05, 0.1) is 18.8 Å². The number of nitrogens with zero attached hydrogens (tertiary/aromatic N) is 3. The highest BCUT2D eigenvalue weighted by atomic mass is 16.5. The molecule has 1 aromatic carbocycles. The Balaban J connectivity index is 1.71. The summed E-state index contributed by atoms with van der Waals surface area (Å²) in [6.07, 6.45) is 8.23. The summed E-state index contributed by atoms with van der Waals surface area (Å²) in [5.41, 5.74) is 1.32. The molecule has 3 unspecified atom stereocenters. The van der Waals surface area contributed by atoms with Crippen molar-refractivity contribution in [2.24, 2.45) is 0 Å². The van der Waals surface area contributed by atoms with Gasteiger partial charge in [0.2, 0.25) is 0 Å². The van der Waals surface area contributed by atoms with Crippen LogP contribution in [-0.4, -0.2) is 45.3 Å². The number of aromatic nitrogens is 2. The molecule has 5 rings (SSSR count). The van der Waals surface area contributed by atoms with Crippen LogP contribution in [0.25, 0.3) is 0 Å². The van der Waals surface area contributed by atoms with Gasteiger partial charge in [0.15, 0.2) is 0 Å². The van der Waals surface area contributed by atoms with Gasteiger partial charge in [-0.25, -0.2) is 0 Å². The fourth-order valence-electron chi connectivity index (χ4n) is 4.71. The fraction of sp³-hybridized carbons (Fsp3) is 0.304. The Morgan fingerprint density at radius 1 is 0.964 bits per heavy atom. The Hall–Kier alpha value is -2.60. The molecule has 2 aromatic heterocycles. The van der Waals surface area contributed by atoms with E-state index in [0.717, 1.165) is 29.7 Å². The largest absolute Gasteiger partial charge is 0.378 e. The van der Waals surface area contributed by atoms with Crippen molar-refractivity contribution in [3.05, 3.63) is 96.1 Å². The van der Waals surface area contributed by atoms with Gasteiger partial charge in [0, 0.05) is 48.5 Å². The van der Waals surface area contributed by atoms with E-state index >= 15 is 0 Å². The standard InChI is InChI=1S/C23H23N3O2/c27-23(18-8-4-10-24-13-18,19-9-5-11-25-14-19)22(17-6-2-1-3-7-17)26-15-21-12-20(26)16-28-21/h1-11,13-14,20-22,27H,12,15-16H2. The van der Waals surface area contributed by atoms with Gasteiger partial charge in [0.1, 0.15) is 5.60 Å². The number of hydrogen-bond acceptors (Lipinski definition) is 5. The summed E-state index contributed by atoms with van der Waals surface area (Å²) in [6.45, 7) is 1.53. The lowest BCUT2D eigenvalue weighted by Crippen LogP contribution is -2.49. The van der Waals surface area contributed by atoms with Crippen molar-refractivity contribution in [3.8, 4) is 0 Å². The van der Waals surface area contributed by atoms with E-state index in [9.17, 15) is 5.11 Å². The Labute approximate surface area is 164 Å². The molecule has 5 nitrogen and oxygen atoms in total. The Bertz CT molecular complexity index is 881. The molecule has 3 aromatic rings. The van der Waals surface area contributed by atoms with Crippen molar-refractivity contribution in [3.63, 3.8) is 0 Å². The van der Waals surface area contributed by atoms with Gasteiger partial charge in [0.25, 0.3) is 0 Å². The summed E-state index contributed by atoms with van der Waals surface area (Å²) in [7, 11) is 0. The molecular weight excluding hydrogens is 350 g/mol. The van der Waals surface area contributed by atoms with Crippen molar-refractivity contribution >= 4 is 0 Å². The van der Waals surface area contributed by atoms with E-state index in [2.05, 4.69) is 27.0 Å². The van der Waals surface area contributed by atoms with Crippen LogP contribution >= 0.6 is 0 Å². The van der Waals surface area contributed by atoms with E-state index in [1.807, 2.05) is 42.5 Å². The molecule has 0 aliphatic carbocycles. The molecule has 3 atom stereocenters. The van der Waals surface area contributed by atoms with Crippen LogP contribution in [0.15, 0.2) is 79.4 Å². The van der Waals surface area contributed by atoms with Crippen LogP contribution in [0.4, 0.5) is 0 Å². The third kappa shape index (κ3) is 2.83. The first kappa shape index (κ1) is 17.5. The summed E-state index contributed by atoms with van der Waals surface area (Å²) < 4.78 is 5.84. The zero-order valence-electron chi connectivity index (χ0n) is 15.6. The zero-order chi connectivity index (χ0) is 19.0. The summed E-state index contributed by atoms with van der Waals surface area (Å²) in [5.74, 6) is 0. The number of ether oxygens (including phenoxy) is 1. The van der Waals surface area contributed by atoms with Gasteiger partial charge in [-0.2, -0.15) is 0 Å². The maximum Gasteiger partial charge on any atom is 0.137 e. The van der Waals surface area contributed by atoms with Crippen LogP contribution in [0, 0.1) is 0 Å². The normalized spacial score (nSPS) is 23.0. The minimum absolute atomic E-state index is 0.239. The minimum Gasteiger partial charge on any atom is -0.378 e. The van der Waals surface area contributed by atoms with Gasteiger partial charge in [-0.15, -0.1) is 0 Å². The molecule has 2 fully saturated rings. The van der Waals surface area contributed by atoms with Crippen molar-refractivity contribution in [2.75, 3.05) is 13.2 Å². The predicted octanol–water partition coefficient (Wildman–Crippen LogP) is 2.93. The number of benzene rings is 1. The zero-order valence-corrected chi connectivity index (χ0v) is 15.6. The highest BCUT2D eigenvalue weighted by molar-refractivity contribution is 5.40. The van der Waals surface area contributed by atoms with Crippen LogP contribution < -0.4 is 0 Å². The molecule has 0 spiro atoms. The Morgan fingerprint density at radius 2 is 1.64 bits per heavy atom. The number of morpholine rings is 1. The fourth-order valence-corrected chi connectivity index (χ4v) is 4.71. The third-order valence-corrected chi connectivity index (χ3v) is 5.99. The predicted molar refractivity (Wildman–Crippen MR) is 106 cm³/mol. The molecule has 4 heterocycles. The molecule has 142 valence electrons. The molecule has 2 aliphatic heterocycles. The van der Waals surface area contributed by atoms with E-state index in [0.29, 0.717) is 12.6 Å². The second-order valence-corrected chi connectivity index (χ2v) is 7.60. The van der Waals surface area contributed by atoms with E-state index in [1.165, 1.54) is 0 Å². The molecule has 5 heteroatoms. The van der Waals surface area contributed by atoms with Crippen molar-refractivity contribution < 1.29 is 9.84 Å². The molecule has 0 radical (unpaired) electrons. The summed E-state index contributed by atoms with van der Waals surface area (Å²) in [5, 5.41) is 12.4. The van der Waals surface area contributed by atoms with Crippen molar-refractivity contribution in [1.29, 1.82) is 0 Å². The molecule has 0 saturated carbocycles. The van der Waals surface area contributed by atoms with Crippen LogP contribution in [0.3, 0.4) is 0 Å². The first-order valence-corrected chi connectivity index (χ1v) is 9.72. The van der Waals surface area contributed by atoms with Gasteiger partial charge in [-0.3, -0.25) is 14.9 Å². The van der Waals surface area contributed by atoms with Crippen LogP contribution in [-0.2, 0) is 10.3 Å². The first-order chi connectivity index (χ1) is 13.8. The molecular formula is C23H23N3O2. The van der Waals surface area contributed by atoms with Crippen molar-refractivity contribution in [1.82, 2.24) is 14.9 Å². The highest BCUT2D eigenvalue weighted by Gasteiger charge is 2.51. The molecule has 0 amide bonds. The lowest BCUT2D eigenvalue weighted by atomic mass is 9.77. The minimum atomic E-state index is -1.28. The average molecular weight is 373 g/mol. The van der Waals surface area contributed by atoms with Gasteiger partial charge in [-0.05, 0) is 24.1 Å². The molecule has 28 heavy (non-hydrogen) atoms. The lowest BCUT2D eigenvalue weighted by molar-refractivity contribution is -0.0643. The molecule has 2 aliphatic rings. The van der Waals surface area contributed by atoms with Crippen LogP contribution in [0.2, 0.25) is 0 Å². The average Bonchev–Trinajstić information content (AvgIpc) is 3.39. The maximum atomic E-state index is 12.4. The number of aliphatic hydroxyl groups is 1. The van der Waals surface area contributed by atoms with E-state index < -0.39 is 5.60 Å². The number of hydrogen-bond donors (Lipinski definition) is 1. The second-order valence-electron chi connectivity index (χ2n) is 7.60. The van der Waals surface area contributed by atoms with Crippen LogP contribution in [0.5, 0.6) is 0 Å². The highest BCUT2D eigenvalue weighted by Crippen LogP contribution is 2.48. The Morgan fingerprint density at radius 3 is 2.14 bits per heavy atom. The van der Waals surface area contributed by atoms with Gasteiger partial charge >= 0.3 is 0 Å². The summed E-state index contributed by atoms with van der Waals surface area (Å²) in [4.78, 5) is 11.0. The molecule has 2 bridgehead atoms. The first-order valence-electron chi connectivity index (χ1n) is 9.72. The maximum absolute atomic E-state index is 12.4. The van der Waals surface area contributed by atoms with E-state index in [1.54, 1.807) is 24.8 Å². The molecule has 2 saturated heterocycles. The van der Waals surface area contributed by atoms with Gasteiger partial charge in [-0.1, -0.05) is 42.5 Å².